The second kappa shape index (κ2) is 6.17. The fraction of sp³-hybridized carbons (Fsp3) is 1.00. The molecule has 1 N–H and O–H groups in total. The summed E-state index contributed by atoms with van der Waals surface area (Å²) >= 11 is 0. The van der Waals surface area contributed by atoms with Crippen LogP contribution in [0.25, 0.3) is 0 Å². The molecule has 0 radical (unpaired) electrons. The molecule has 2 aliphatic rings. The second-order valence-electron chi connectivity index (χ2n) is 6.03. The van der Waals surface area contributed by atoms with Gasteiger partial charge in [0.25, 0.3) is 0 Å². The van der Waals surface area contributed by atoms with E-state index in [0.29, 0.717) is 11.7 Å². The largest absolute Gasteiger partial charge is 0.370 e. The molecule has 0 amide bonds. The predicted octanol–water partition coefficient (Wildman–Crippen LogP) is 2.02. The van der Waals surface area contributed by atoms with E-state index in [2.05, 4.69) is 24.3 Å². The molecule has 1 aliphatic heterocycles. The van der Waals surface area contributed by atoms with Gasteiger partial charge < -0.3 is 15.0 Å². The monoisotopic (exact) mass is 240 g/mol. The van der Waals surface area contributed by atoms with Crippen LogP contribution in [-0.2, 0) is 4.74 Å². The van der Waals surface area contributed by atoms with Crippen LogP contribution in [0, 0.1) is 0 Å². The fourth-order valence-electron chi connectivity index (χ4n) is 3.21. The summed E-state index contributed by atoms with van der Waals surface area (Å²) in [6.45, 7) is 3.34. The minimum Gasteiger partial charge on any atom is -0.370 e. The quantitative estimate of drug-likeness (QED) is 0.719. The van der Waals surface area contributed by atoms with Gasteiger partial charge in [-0.2, -0.15) is 0 Å². The van der Waals surface area contributed by atoms with Gasteiger partial charge in [-0.05, 0) is 59.3 Å². The van der Waals surface area contributed by atoms with E-state index in [-0.39, 0.29) is 0 Å². The Labute approximate surface area is 106 Å². The Morgan fingerprint density at radius 2 is 2.00 bits per heavy atom. The van der Waals surface area contributed by atoms with Crippen LogP contribution >= 0.6 is 0 Å². The predicted molar refractivity (Wildman–Crippen MR) is 71.3 cm³/mol. The fourth-order valence-corrected chi connectivity index (χ4v) is 3.21. The third kappa shape index (κ3) is 3.94. The van der Waals surface area contributed by atoms with Gasteiger partial charge >= 0.3 is 0 Å². The van der Waals surface area contributed by atoms with Gasteiger partial charge in [0, 0.05) is 6.54 Å². The molecule has 3 heteroatoms. The van der Waals surface area contributed by atoms with Crippen molar-refractivity contribution in [1.29, 1.82) is 0 Å². The first kappa shape index (κ1) is 13.3. The molecular formula is C14H28N2O. The zero-order valence-corrected chi connectivity index (χ0v) is 11.5. The molecule has 2 rings (SSSR count). The summed E-state index contributed by atoms with van der Waals surface area (Å²) in [5.74, 6) is 0. The summed E-state index contributed by atoms with van der Waals surface area (Å²) in [4.78, 5) is 2.24. The van der Waals surface area contributed by atoms with Crippen molar-refractivity contribution in [3.05, 3.63) is 0 Å². The maximum absolute atomic E-state index is 6.26. The van der Waals surface area contributed by atoms with Crippen molar-refractivity contribution in [2.45, 2.75) is 56.7 Å². The Morgan fingerprint density at radius 1 is 1.24 bits per heavy atom. The minimum atomic E-state index is 0.302. The van der Waals surface area contributed by atoms with Crippen LogP contribution in [0.3, 0.4) is 0 Å². The van der Waals surface area contributed by atoms with Crippen LogP contribution in [0.1, 0.15) is 44.9 Å². The average Bonchev–Trinajstić information content (AvgIpc) is 2.89. The van der Waals surface area contributed by atoms with Gasteiger partial charge in [0.1, 0.15) is 0 Å². The molecule has 0 aromatic heterocycles. The van der Waals surface area contributed by atoms with Crippen molar-refractivity contribution < 1.29 is 4.74 Å². The number of hydrogen-bond acceptors (Lipinski definition) is 3. The molecule has 1 saturated carbocycles. The number of hydrogen-bond donors (Lipinski definition) is 1. The summed E-state index contributed by atoms with van der Waals surface area (Å²) < 4.78 is 6.26. The third-order valence-corrected chi connectivity index (χ3v) is 4.18. The van der Waals surface area contributed by atoms with Gasteiger partial charge in [-0.1, -0.05) is 12.8 Å². The zero-order chi connectivity index (χ0) is 12.1. The van der Waals surface area contributed by atoms with E-state index in [1.807, 2.05) is 0 Å². The van der Waals surface area contributed by atoms with Crippen LogP contribution in [0.2, 0.25) is 0 Å². The van der Waals surface area contributed by atoms with E-state index in [1.54, 1.807) is 0 Å². The van der Waals surface area contributed by atoms with E-state index < -0.39 is 0 Å². The first-order valence-corrected chi connectivity index (χ1v) is 7.23. The van der Waals surface area contributed by atoms with Crippen LogP contribution in [0.15, 0.2) is 0 Å². The normalized spacial score (nSPS) is 27.4. The Hall–Kier alpha value is -0.120. The molecule has 2 fully saturated rings. The molecule has 1 atom stereocenters. The molecule has 0 bridgehead atoms. The Balaban J connectivity index is 1.55. The number of nitrogens with zero attached hydrogens (tertiary/aromatic N) is 1. The number of rotatable bonds is 6. The van der Waals surface area contributed by atoms with E-state index in [1.165, 1.54) is 51.5 Å². The standard InChI is InChI=1S/C14H28N2O/c1-16(2)11-5-10-15-12-13-6-9-14(17-13)7-3-4-8-14/h13,15H,3-12H2,1-2H3. The van der Waals surface area contributed by atoms with Gasteiger partial charge in [-0.15, -0.1) is 0 Å². The maximum Gasteiger partial charge on any atom is 0.0708 e. The van der Waals surface area contributed by atoms with Gasteiger partial charge in [0.2, 0.25) is 0 Å². The molecule has 0 aromatic rings. The van der Waals surface area contributed by atoms with E-state index in [0.717, 1.165) is 13.1 Å². The third-order valence-electron chi connectivity index (χ3n) is 4.18. The highest BCUT2D eigenvalue weighted by Gasteiger charge is 2.41. The molecular weight excluding hydrogens is 212 g/mol. The average molecular weight is 240 g/mol. The van der Waals surface area contributed by atoms with Gasteiger partial charge in [-0.25, -0.2) is 0 Å². The van der Waals surface area contributed by atoms with Gasteiger partial charge in [0.15, 0.2) is 0 Å². The first-order valence-electron chi connectivity index (χ1n) is 7.23. The molecule has 1 aliphatic carbocycles. The smallest absolute Gasteiger partial charge is 0.0708 e. The van der Waals surface area contributed by atoms with E-state index >= 15 is 0 Å². The summed E-state index contributed by atoms with van der Waals surface area (Å²) in [6, 6.07) is 0. The minimum absolute atomic E-state index is 0.302. The molecule has 1 unspecified atom stereocenters. The Morgan fingerprint density at radius 3 is 2.71 bits per heavy atom. The lowest BCUT2D eigenvalue weighted by Crippen LogP contribution is -2.32. The van der Waals surface area contributed by atoms with Gasteiger partial charge in [0.05, 0.1) is 11.7 Å². The summed E-state index contributed by atoms with van der Waals surface area (Å²) in [5, 5.41) is 3.54. The van der Waals surface area contributed by atoms with Crippen LogP contribution in [0.5, 0.6) is 0 Å². The van der Waals surface area contributed by atoms with Crippen molar-refractivity contribution in [3.63, 3.8) is 0 Å². The van der Waals surface area contributed by atoms with Crippen LogP contribution in [-0.4, -0.2) is 50.3 Å². The van der Waals surface area contributed by atoms with Crippen molar-refractivity contribution in [3.8, 4) is 0 Å². The molecule has 0 aromatic carbocycles. The van der Waals surface area contributed by atoms with Crippen molar-refractivity contribution in [2.24, 2.45) is 0 Å². The molecule has 1 saturated heterocycles. The van der Waals surface area contributed by atoms with E-state index in [4.69, 9.17) is 4.74 Å². The van der Waals surface area contributed by atoms with Crippen LogP contribution in [0.4, 0.5) is 0 Å². The van der Waals surface area contributed by atoms with E-state index in [9.17, 15) is 0 Å². The highest BCUT2D eigenvalue weighted by atomic mass is 16.5. The molecule has 100 valence electrons. The molecule has 1 spiro atoms. The Bertz CT molecular complexity index is 224. The number of nitrogens with one attached hydrogen (secondary N) is 1. The first-order chi connectivity index (χ1) is 8.20. The highest BCUT2D eigenvalue weighted by Crippen LogP contribution is 2.43. The van der Waals surface area contributed by atoms with Gasteiger partial charge in [-0.3, -0.25) is 0 Å². The van der Waals surface area contributed by atoms with Crippen molar-refractivity contribution >= 4 is 0 Å². The molecule has 1 heterocycles. The van der Waals surface area contributed by atoms with Crippen LogP contribution < -0.4 is 5.32 Å². The lowest BCUT2D eigenvalue weighted by molar-refractivity contribution is -0.0350. The van der Waals surface area contributed by atoms with Crippen molar-refractivity contribution in [2.75, 3.05) is 33.7 Å². The van der Waals surface area contributed by atoms with Crippen molar-refractivity contribution in [1.82, 2.24) is 10.2 Å². The molecule has 17 heavy (non-hydrogen) atoms. The summed E-state index contributed by atoms with van der Waals surface area (Å²) in [6.07, 6.45) is 9.65. The second-order valence-corrected chi connectivity index (χ2v) is 6.03. The zero-order valence-electron chi connectivity index (χ0n) is 11.5. The lowest BCUT2D eigenvalue weighted by Gasteiger charge is -2.24. The Kier molecular flexibility index (Phi) is 4.83. The summed E-state index contributed by atoms with van der Waals surface area (Å²) in [5.41, 5.74) is 0.302. The molecule has 3 nitrogen and oxygen atoms in total. The SMILES string of the molecule is CN(C)CCCNCC1CCC2(CCCC2)O1. The number of ether oxygens (including phenoxy) is 1. The summed E-state index contributed by atoms with van der Waals surface area (Å²) in [7, 11) is 4.26. The lowest BCUT2D eigenvalue weighted by atomic mass is 9.98. The maximum atomic E-state index is 6.26. The highest BCUT2D eigenvalue weighted by molar-refractivity contribution is 4.93. The topological polar surface area (TPSA) is 24.5 Å².